The van der Waals surface area contributed by atoms with Gasteiger partial charge in [0.1, 0.15) is 5.82 Å². The second kappa shape index (κ2) is 4.05. The molecule has 1 fully saturated rings. The minimum atomic E-state index is -0.328. The topological polar surface area (TPSA) is 15.3 Å². The number of halogens is 2. The summed E-state index contributed by atoms with van der Waals surface area (Å²) >= 11 is 5.82. The summed E-state index contributed by atoms with van der Waals surface area (Å²) in [5.41, 5.74) is 1.93. The molecule has 2 aliphatic heterocycles. The molecule has 2 nitrogen and oxygen atoms in total. The van der Waals surface area contributed by atoms with Gasteiger partial charge in [-0.05, 0) is 24.8 Å². The van der Waals surface area contributed by atoms with Crippen LogP contribution in [0.3, 0.4) is 0 Å². The van der Waals surface area contributed by atoms with Crippen molar-refractivity contribution in [1.29, 1.82) is 0 Å². The standard InChI is InChI=1S/C13H16ClFN2/c1-8-3-2-4-17-12-6-10(15)9(14)5-11(12)16-7-13(8)17/h5-6,8,13,16H,2-4,7H2,1H3. The number of piperidine rings is 1. The highest BCUT2D eigenvalue weighted by Crippen LogP contribution is 2.39. The summed E-state index contributed by atoms with van der Waals surface area (Å²) in [6.07, 6.45) is 2.44. The predicted octanol–water partition coefficient (Wildman–Crippen LogP) is 3.51. The fraction of sp³-hybridized carbons (Fsp3) is 0.538. The number of hydrogen-bond donors (Lipinski definition) is 1. The molecule has 0 amide bonds. The molecule has 0 aliphatic carbocycles. The molecule has 0 aromatic heterocycles. The Kier molecular flexibility index (Phi) is 2.66. The Morgan fingerprint density at radius 3 is 3.12 bits per heavy atom. The molecule has 0 spiro atoms. The van der Waals surface area contributed by atoms with E-state index in [0.717, 1.165) is 24.5 Å². The highest BCUT2D eigenvalue weighted by Gasteiger charge is 2.33. The van der Waals surface area contributed by atoms with Gasteiger partial charge in [-0.3, -0.25) is 0 Å². The van der Waals surface area contributed by atoms with Crippen LogP contribution in [0.1, 0.15) is 19.8 Å². The van der Waals surface area contributed by atoms with Gasteiger partial charge in [-0.1, -0.05) is 18.5 Å². The van der Waals surface area contributed by atoms with Crippen molar-refractivity contribution in [2.75, 3.05) is 23.3 Å². The molecule has 0 radical (unpaired) electrons. The quantitative estimate of drug-likeness (QED) is 0.762. The summed E-state index contributed by atoms with van der Waals surface area (Å²) in [6, 6.07) is 3.74. The second-order valence-corrected chi connectivity index (χ2v) is 5.45. The van der Waals surface area contributed by atoms with Gasteiger partial charge in [-0.25, -0.2) is 4.39 Å². The number of fused-ring (bicyclic) bond motifs is 3. The van der Waals surface area contributed by atoms with E-state index in [9.17, 15) is 4.39 Å². The SMILES string of the molecule is CC1CCCN2c3cc(F)c(Cl)cc3NCC12. The molecule has 1 N–H and O–H groups in total. The largest absolute Gasteiger partial charge is 0.381 e. The van der Waals surface area contributed by atoms with Crippen molar-refractivity contribution in [2.24, 2.45) is 5.92 Å². The number of hydrogen-bond acceptors (Lipinski definition) is 2. The van der Waals surface area contributed by atoms with Crippen molar-refractivity contribution in [3.05, 3.63) is 23.0 Å². The zero-order chi connectivity index (χ0) is 12.0. The lowest BCUT2D eigenvalue weighted by molar-refractivity contribution is 0.350. The van der Waals surface area contributed by atoms with Gasteiger partial charge in [0.2, 0.25) is 0 Å². The fourth-order valence-corrected chi connectivity index (χ4v) is 3.15. The van der Waals surface area contributed by atoms with Crippen molar-refractivity contribution < 1.29 is 4.39 Å². The molecular weight excluding hydrogens is 239 g/mol. The molecule has 1 aromatic carbocycles. The van der Waals surface area contributed by atoms with Crippen molar-refractivity contribution >= 4 is 23.0 Å². The van der Waals surface area contributed by atoms with E-state index in [-0.39, 0.29) is 10.8 Å². The fourth-order valence-electron chi connectivity index (χ4n) is 2.99. The normalized spacial score (nSPS) is 27.1. The summed E-state index contributed by atoms with van der Waals surface area (Å²) in [5.74, 6) is 0.328. The van der Waals surface area contributed by atoms with Crippen molar-refractivity contribution in [2.45, 2.75) is 25.8 Å². The molecule has 1 aromatic rings. The van der Waals surface area contributed by atoms with Gasteiger partial charge in [0.05, 0.1) is 16.4 Å². The third kappa shape index (κ3) is 1.77. The number of rotatable bonds is 0. The molecule has 2 atom stereocenters. The van der Waals surface area contributed by atoms with Crippen LogP contribution in [-0.4, -0.2) is 19.1 Å². The Morgan fingerprint density at radius 1 is 1.47 bits per heavy atom. The number of benzene rings is 1. The van der Waals surface area contributed by atoms with E-state index in [1.54, 1.807) is 12.1 Å². The minimum absolute atomic E-state index is 0.194. The Morgan fingerprint density at radius 2 is 2.29 bits per heavy atom. The monoisotopic (exact) mass is 254 g/mol. The van der Waals surface area contributed by atoms with Crippen LogP contribution in [0.5, 0.6) is 0 Å². The first-order valence-electron chi connectivity index (χ1n) is 6.16. The molecule has 3 rings (SSSR count). The average Bonchev–Trinajstić information content (AvgIpc) is 2.31. The average molecular weight is 255 g/mol. The molecule has 92 valence electrons. The zero-order valence-corrected chi connectivity index (χ0v) is 10.6. The zero-order valence-electron chi connectivity index (χ0n) is 9.84. The lowest BCUT2D eigenvalue weighted by atomic mass is 9.88. The number of nitrogens with zero attached hydrogens (tertiary/aromatic N) is 1. The molecular formula is C13H16ClFN2. The Hall–Kier alpha value is -0.960. The van der Waals surface area contributed by atoms with E-state index in [0.29, 0.717) is 12.0 Å². The van der Waals surface area contributed by atoms with E-state index >= 15 is 0 Å². The van der Waals surface area contributed by atoms with Gasteiger partial charge in [0.15, 0.2) is 0 Å². The van der Waals surface area contributed by atoms with Crippen molar-refractivity contribution in [3.63, 3.8) is 0 Å². The highest BCUT2D eigenvalue weighted by molar-refractivity contribution is 6.31. The summed E-state index contributed by atoms with van der Waals surface area (Å²) < 4.78 is 13.6. The minimum Gasteiger partial charge on any atom is -0.381 e. The van der Waals surface area contributed by atoms with Crippen LogP contribution in [0, 0.1) is 11.7 Å². The van der Waals surface area contributed by atoms with Crippen LogP contribution in [0.2, 0.25) is 5.02 Å². The van der Waals surface area contributed by atoms with Gasteiger partial charge in [0.25, 0.3) is 0 Å². The molecule has 2 aliphatic rings. The highest BCUT2D eigenvalue weighted by atomic mass is 35.5. The van der Waals surface area contributed by atoms with E-state index in [4.69, 9.17) is 11.6 Å². The van der Waals surface area contributed by atoms with E-state index in [1.165, 1.54) is 12.8 Å². The summed E-state index contributed by atoms with van der Waals surface area (Å²) in [6.45, 7) is 4.22. The third-order valence-corrected chi connectivity index (χ3v) is 4.26. The molecule has 2 unspecified atom stereocenters. The Bertz CT molecular complexity index is 449. The van der Waals surface area contributed by atoms with Crippen LogP contribution in [0.25, 0.3) is 0 Å². The summed E-state index contributed by atoms with van der Waals surface area (Å²) in [5, 5.41) is 3.56. The maximum absolute atomic E-state index is 13.6. The first-order valence-corrected chi connectivity index (χ1v) is 6.54. The molecule has 0 saturated carbocycles. The van der Waals surface area contributed by atoms with E-state index in [2.05, 4.69) is 17.1 Å². The van der Waals surface area contributed by atoms with Gasteiger partial charge < -0.3 is 10.2 Å². The second-order valence-electron chi connectivity index (χ2n) is 5.04. The molecule has 0 bridgehead atoms. The van der Waals surface area contributed by atoms with E-state index in [1.807, 2.05) is 0 Å². The Labute approximate surface area is 106 Å². The molecule has 4 heteroatoms. The summed E-state index contributed by atoms with van der Waals surface area (Å²) in [7, 11) is 0. The molecule has 2 heterocycles. The van der Waals surface area contributed by atoms with E-state index < -0.39 is 0 Å². The van der Waals surface area contributed by atoms with Crippen LogP contribution in [-0.2, 0) is 0 Å². The summed E-state index contributed by atoms with van der Waals surface area (Å²) in [4.78, 5) is 2.33. The lowest BCUT2D eigenvalue weighted by Gasteiger charge is -2.45. The van der Waals surface area contributed by atoms with Gasteiger partial charge in [-0.2, -0.15) is 0 Å². The lowest BCUT2D eigenvalue weighted by Crippen LogP contribution is -2.51. The first kappa shape index (κ1) is 11.1. The first-order chi connectivity index (χ1) is 8.16. The van der Waals surface area contributed by atoms with Crippen LogP contribution >= 0.6 is 11.6 Å². The number of anilines is 2. The number of nitrogens with one attached hydrogen (secondary N) is 1. The van der Waals surface area contributed by atoms with Crippen molar-refractivity contribution in [3.8, 4) is 0 Å². The molecule has 1 saturated heterocycles. The van der Waals surface area contributed by atoms with Crippen molar-refractivity contribution in [1.82, 2.24) is 0 Å². The van der Waals surface area contributed by atoms with Gasteiger partial charge in [0, 0.05) is 25.2 Å². The third-order valence-electron chi connectivity index (χ3n) is 3.97. The van der Waals surface area contributed by atoms with Crippen LogP contribution < -0.4 is 10.2 Å². The predicted molar refractivity (Wildman–Crippen MR) is 69.4 cm³/mol. The smallest absolute Gasteiger partial charge is 0.144 e. The maximum atomic E-state index is 13.6. The van der Waals surface area contributed by atoms with Crippen LogP contribution in [0.15, 0.2) is 12.1 Å². The molecule has 17 heavy (non-hydrogen) atoms. The van der Waals surface area contributed by atoms with Crippen LogP contribution in [0.4, 0.5) is 15.8 Å². The Balaban J connectivity index is 2.03. The van der Waals surface area contributed by atoms with Gasteiger partial charge in [-0.15, -0.1) is 0 Å². The van der Waals surface area contributed by atoms with Gasteiger partial charge >= 0.3 is 0 Å². The maximum Gasteiger partial charge on any atom is 0.144 e.